The molecule has 0 aliphatic carbocycles. The Kier molecular flexibility index (Phi) is 6.19. The Morgan fingerprint density at radius 2 is 1.62 bits per heavy atom. The number of carbonyl (C=O) groups is 2. The smallest absolute Gasteiger partial charge is 0.274 e. The summed E-state index contributed by atoms with van der Waals surface area (Å²) in [5.41, 5.74) is 3.49. The van der Waals surface area contributed by atoms with Crippen molar-refractivity contribution < 1.29 is 9.59 Å². The summed E-state index contributed by atoms with van der Waals surface area (Å²) in [5, 5.41) is 8.73. The SMILES string of the molecule is CC(=O)Nc1cccc(NC(=O)c2cc(Nc3ccccc3C(C)C)ncn2)c1. The van der Waals surface area contributed by atoms with Crippen LogP contribution in [0.15, 0.2) is 60.9 Å². The van der Waals surface area contributed by atoms with Crippen molar-refractivity contribution in [2.45, 2.75) is 26.7 Å². The normalized spacial score (nSPS) is 10.5. The molecule has 7 nitrogen and oxygen atoms in total. The van der Waals surface area contributed by atoms with Gasteiger partial charge in [-0.2, -0.15) is 0 Å². The highest BCUT2D eigenvalue weighted by molar-refractivity contribution is 6.03. The van der Waals surface area contributed by atoms with Gasteiger partial charge in [0.1, 0.15) is 17.8 Å². The number of carbonyl (C=O) groups excluding carboxylic acids is 2. The van der Waals surface area contributed by atoms with Crippen molar-refractivity contribution in [3.05, 3.63) is 72.2 Å². The molecule has 2 aromatic carbocycles. The zero-order chi connectivity index (χ0) is 20.8. The Bertz CT molecular complexity index is 1030. The Hall–Kier alpha value is -3.74. The molecule has 0 spiro atoms. The molecule has 29 heavy (non-hydrogen) atoms. The number of hydrogen-bond acceptors (Lipinski definition) is 5. The highest BCUT2D eigenvalue weighted by Crippen LogP contribution is 2.26. The Labute approximate surface area is 169 Å². The van der Waals surface area contributed by atoms with Gasteiger partial charge >= 0.3 is 0 Å². The zero-order valence-electron chi connectivity index (χ0n) is 16.6. The van der Waals surface area contributed by atoms with E-state index in [1.54, 1.807) is 30.3 Å². The number of para-hydroxylation sites is 1. The van der Waals surface area contributed by atoms with Gasteiger partial charge < -0.3 is 16.0 Å². The predicted molar refractivity (Wildman–Crippen MR) is 115 cm³/mol. The summed E-state index contributed by atoms with van der Waals surface area (Å²) < 4.78 is 0. The van der Waals surface area contributed by atoms with Crippen molar-refractivity contribution in [2.75, 3.05) is 16.0 Å². The summed E-state index contributed by atoms with van der Waals surface area (Å²) in [6.45, 7) is 5.67. The molecule has 148 valence electrons. The average molecular weight is 389 g/mol. The van der Waals surface area contributed by atoms with Gasteiger partial charge in [0.2, 0.25) is 5.91 Å². The molecule has 7 heteroatoms. The third-order valence-electron chi connectivity index (χ3n) is 4.19. The number of hydrogen-bond donors (Lipinski definition) is 3. The highest BCUT2D eigenvalue weighted by atomic mass is 16.2. The molecule has 0 bridgehead atoms. The van der Waals surface area contributed by atoms with E-state index in [0.717, 1.165) is 11.3 Å². The van der Waals surface area contributed by atoms with E-state index in [0.29, 0.717) is 23.1 Å². The van der Waals surface area contributed by atoms with Gasteiger partial charge in [-0.3, -0.25) is 9.59 Å². The number of rotatable bonds is 6. The molecule has 3 aromatic rings. The quantitative estimate of drug-likeness (QED) is 0.575. The molecule has 3 N–H and O–H groups in total. The highest BCUT2D eigenvalue weighted by Gasteiger charge is 2.12. The number of benzene rings is 2. The second-order valence-electron chi connectivity index (χ2n) is 6.87. The first-order valence-corrected chi connectivity index (χ1v) is 9.29. The van der Waals surface area contributed by atoms with Crippen LogP contribution in [0.4, 0.5) is 22.9 Å². The van der Waals surface area contributed by atoms with Gasteiger partial charge in [0, 0.05) is 30.1 Å². The van der Waals surface area contributed by atoms with Crippen LogP contribution in [-0.2, 0) is 4.79 Å². The van der Waals surface area contributed by atoms with Gasteiger partial charge in [0.15, 0.2) is 0 Å². The summed E-state index contributed by atoms with van der Waals surface area (Å²) >= 11 is 0. The van der Waals surface area contributed by atoms with Gasteiger partial charge in [-0.25, -0.2) is 9.97 Å². The van der Waals surface area contributed by atoms with Gasteiger partial charge in [-0.15, -0.1) is 0 Å². The topological polar surface area (TPSA) is 96.0 Å². The summed E-state index contributed by atoms with van der Waals surface area (Å²) in [7, 11) is 0. The summed E-state index contributed by atoms with van der Waals surface area (Å²) in [6, 6.07) is 16.5. The number of aromatic nitrogens is 2. The Morgan fingerprint density at radius 1 is 0.897 bits per heavy atom. The third-order valence-corrected chi connectivity index (χ3v) is 4.19. The van der Waals surface area contributed by atoms with E-state index in [2.05, 4.69) is 45.8 Å². The van der Waals surface area contributed by atoms with Crippen LogP contribution in [-0.4, -0.2) is 21.8 Å². The number of anilines is 4. The summed E-state index contributed by atoms with van der Waals surface area (Å²) in [6.07, 6.45) is 1.35. The van der Waals surface area contributed by atoms with Crippen LogP contribution in [0.2, 0.25) is 0 Å². The summed E-state index contributed by atoms with van der Waals surface area (Å²) in [5.74, 6) is 0.332. The van der Waals surface area contributed by atoms with Crippen molar-refractivity contribution in [3.8, 4) is 0 Å². The maximum absolute atomic E-state index is 12.6. The first-order valence-electron chi connectivity index (χ1n) is 9.29. The molecule has 1 heterocycles. The van der Waals surface area contributed by atoms with Crippen molar-refractivity contribution in [1.82, 2.24) is 9.97 Å². The van der Waals surface area contributed by atoms with Gasteiger partial charge in [-0.05, 0) is 35.7 Å². The minimum absolute atomic E-state index is 0.179. The van der Waals surface area contributed by atoms with E-state index in [1.807, 2.05) is 18.2 Å². The summed E-state index contributed by atoms with van der Waals surface area (Å²) in [4.78, 5) is 32.1. The fraction of sp³-hybridized carbons (Fsp3) is 0.182. The minimum Gasteiger partial charge on any atom is -0.340 e. The fourth-order valence-electron chi connectivity index (χ4n) is 2.88. The van der Waals surface area contributed by atoms with Crippen LogP contribution in [0.3, 0.4) is 0 Å². The Balaban J connectivity index is 1.76. The van der Waals surface area contributed by atoms with E-state index in [9.17, 15) is 9.59 Å². The maximum Gasteiger partial charge on any atom is 0.274 e. The molecule has 0 saturated carbocycles. The monoisotopic (exact) mass is 389 g/mol. The van der Waals surface area contributed by atoms with Crippen LogP contribution in [0.1, 0.15) is 42.7 Å². The maximum atomic E-state index is 12.6. The van der Waals surface area contributed by atoms with Crippen LogP contribution < -0.4 is 16.0 Å². The number of nitrogens with one attached hydrogen (secondary N) is 3. The molecule has 1 aromatic heterocycles. The molecule has 0 atom stereocenters. The fourth-order valence-corrected chi connectivity index (χ4v) is 2.88. The zero-order valence-corrected chi connectivity index (χ0v) is 16.6. The number of amides is 2. The van der Waals surface area contributed by atoms with Crippen LogP contribution in [0.5, 0.6) is 0 Å². The van der Waals surface area contributed by atoms with Gasteiger partial charge in [0.05, 0.1) is 0 Å². The van der Waals surface area contributed by atoms with Crippen molar-refractivity contribution in [2.24, 2.45) is 0 Å². The molecule has 0 aliphatic heterocycles. The average Bonchev–Trinajstić information content (AvgIpc) is 2.68. The second kappa shape index (κ2) is 8.97. The molecular weight excluding hydrogens is 366 g/mol. The van der Waals surface area contributed by atoms with Crippen molar-refractivity contribution >= 4 is 34.7 Å². The first-order chi connectivity index (χ1) is 13.9. The molecular formula is C22H23N5O2. The van der Waals surface area contributed by atoms with Crippen LogP contribution >= 0.6 is 0 Å². The molecule has 0 saturated heterocycles. The lowest BCUT2D eigenvalue weighted by atomic mass is 10.0. The third kappa shape index (κ3) is 5.38. The molecule has 3 rings (SSSR count). The van der Waals surface area contributed by atoms with E-state index in [1.165, 1.54) is 13.3 Å². The predicted octanol–water partition coefficient (Wildman–Crippen LogP) is 4.55. The minimum atomic E-state index is -0.368. The molecule has 0 aliphatic rings. The molecule has 0 unspecified atom stereocenters. The van der Waals surface area contributed by atoms with Gasteiger partial charge in [-0.1, -0.05) is 38.1 Å². The van der Waals surface area contributed by atoms with E-state index in [4.69, 9.17) is 0 Å². The van der Waals surface area contributed by atoms with Crippen molar-refractivity contribution in [3.63, 3.8) is 0 Å². The number of nitrogens with zero attached hydrogens (tertiary/aromatic N) is 2. The lowest BCUT2D eigenvalue weighted by molar-refractivity contribution is -0.114. The molecule has 0 radical (unpaired) electrons. The van der Waals surface area contributed by atoms with E-state index in [-0.39, 0.29) is 17.5 Å². The second-order valence-corrected chi connectivity index (χ2v) is 6.87. The molecule has 0 fully saturated rings. The van der Waals surface area contributed by atoms with E-state index < -0.39 is 0 Å². The largest absolute Gasteiger partial charge is 0.340 e. The first kappa shape index (κ1) is 20.0. The molecule has 2 amide bonds. The van der Waals surface area contributed by atoms with Crippen LogP contribution in [0, 0.1) is 0 Å². The van der Waals surface area contributed by atoms with E-state index >= 15 is 0 Å². The lowest BCUT2D eigenvalue weighted by Crippen LogP contribution is -2.15. The standard InChI is InChI=1S/C22H23N5O2/c1-14(2)18-9-4-5-10-19(18)27-21-12-20(23-13-24-21)22(29)26-17-8-6-7-16(11-17)25-15(3)28/h4-14H,1-3H3,(H,25,28)(H,26,29)(H,23,24,27). The van der Waals surface area contributed by atoms with Crippen molar-refractivity contribution in [1.29, 1.82) is 0 Å². The lowest BCUT2D eigenvalue weighted by Gasteiger charge is -2.14. The van der Waals surface area contributed by atoms with Crippen LogP contribution in [0.25, 0.3) is 0 Å². The van der Waals surface area contributed by atoms with Gasteiger partial charge in [0.25, 0.3) is 5.91 Å². The Morgan fingerprint density at radius 3 is 2.34 bits per heavy atom.